The van der Waals surface area contributed by atoms with Crippen molar-refractivity contribution in [1.29, 1.82) is 0 Å². The lowest BCUT2D eigenvalue weighted by atomic mass is 9.93. The Morgan fingerprint density at radius 2 is 2.40 bits per heavy atom. The van der Waals surface area contributed by atoms with Crippen molar-refractivity contribution in [3.05, 3.63) is 34.6 Å². The lowest BCUT2D eigenvalue weighted by Gasteiger charge is -2.31. The molecule has 2 atom stereocenters. The molecule has 0 bridgehead atoms. The van der Waals surface area contributed by atoms with Crippen molar-refractivity contribution in [1.82, 2.24) is 10.3 Å². The SMILES string of the molecule is Cc1cc(C2=C[C@H]3NC[C@H]3C2)cnc1Cl. The maximum absolute atomic E-state index is 5.91. The third-order valence-electron chi connectivity index (χ3n) is 3.37. The number of allylic oxidation sites excluding steroid dienone is 1. The second kappa shape index (κ2) is 3.32. The predicted octanol–water partition coefficient (Wildman–Crippen LogP) is 2.42. The van der Waals surface area contributed by atoms with E-state index in [9.17, 15) is 0 Å². The summed E-state index contributed by atoms with van der Waals surface area (Å²) in [6.45, 7) is 3.16. The number of pyridine rings is 1. The van der Waals surface area contributed by atoms with Crippen molar-refractivity contribution < 1.29 is 0 Å². The minimum Gasteiger partial charge on any atom is -0.310 e. The Morgan fingerprint density at radius 3 is 2.93 bits per heavy atom. The number of hydrogen-bond acceptors (Lipinski definition) is 2. The van der Waals surface area contributed by atoms with Crippen molar-refractivity contribution >= 4 is 17.2 Å². The van der Waals surface area contributed by atoms with Gasteiger partial charge < -0.3 is 5.32 Å². The number of fused-ring (bicyclic) bond motifs is 1. The van der Waals surface area contributed by atoms with E-state index < -0.39 is 0 Å². The molecule has 2 heterocycles. The van der Waals surface area contributed by atoms with E-state index in [1.807, 2.05) is 13.1 Å². The molecule has 2 nitrogen and oxygen atoms in total. The number of rotatable bonds is 1. The average Bonchev–Trinajstić information content (AvgIpc) is 2.48. The molecular weight excluding hydrogens is 208 g/mol. The van der Waals surface area contributed by atoms with Gasteiger partial charge in [0.15, 0.2) is 0 Å². The summed E-state index contributed by atoms with van der Waals surface area (Å²) in [5.74, 6) is 0.816. The van der Waals surface area contributed by atoms with Crippen LogP contribution in [0.25, 0.3) is 5.57 Å². The van der Waals surface area contributed by atoms with Crippen LogP contribution in [0.15, 0.2) is 18.3 Å². The van der Waals surface area contributed by atoms with Crippen LogP contribution in [0.2, 0.25) is 5.15 Å². The second-order valence-electron chi connectivity index (χ2n) is 4.42. The first-order valence-electron chi connectivity index (χ1n) is 5.30. The van der Waals surface area contributed by atoms with Gasteiger partial charge >= 0.3 is 0 Å². The molecule has 3 rings (SSSR count). The van der Waals surface area contributed by atoms with Crippen molar-refractivity contribution in [3.63, 3.8) is 0 Å². The summed E-state index contributed by atoms with van der Waals surface area (Å²) in [6, 6.07) is 2.74. The Morgan fingerprint density at radius 1 is 1.53 bits per heavy atom. The molecule has 0 saturated carbocycles. The summed E-state index contributed by atoms with van der Waals surface area (Å²) in [4.78, 5) is 4.20. The first kappa shape index (κ1) is 9.37. The van der Waals surface area contributed by atoms with E-state index in [4.69, 9.17) is 11.6 Å². The average molecular weight is 221 g/mol. The minimum absolute atomic E-state index is 0.607. The van der Waals surface area contributed by atoms with Crippen LogP contribution in [-0.4, -0.2) is 17.6 Å². The molecule has 0 amide bonds. The van der Waals surface area contributed by atoms with Crippen molar-refractivity contribution in [3.8, 4) is 0 Å². The molecule has 1 fully saturated rings. The molecular formula is C12H13ClN2. The largest absolute Gasteiger partial charge is 0.310 e. The standard InChI is InChI=1S/C12H13ClN2/c1-7-2-9(5-15-12(7)13)8-3-10-6-14-11(10)4-8/h2,4-5,10-11,14H,3,6H2,1H3/t10-,11-/m1/s1. The Balaban J connectivity index is 1.93. The number of aryl methyl sites for hydroxylation is 1. The van der Waals surface area contributed by atoms with Gasteiger partial charge in [-0.15, -0.1) is 0 Å². The molecule has 78 valence electrons. The summed E-state index contributed by atoms with van der Waals surface area (Å²) < 4.78 is 0. The van der Waals surface area contributed by atoms with Crippen LogP contribution in [0, 0.1) is 12.8 Å². The third kappa shape index (κ3) is 1.48. The maximum atomic E-state index is 5.91. The highest BCUT2D eigenvalue weighted by Gasteiger charge is 2.34. The molecule has 0 radical (unpaired) electrons. The van der Waals surface area contributed by atoms with Gasteiger partial charge in [-0.3, -0.25) is 0 Å². The van der Waals surface area contributed by atoms with Gasteiger partial charge in [-0.2, -0.15) is 0 Å². The number of aromatic nitrogens is 1. The molecule has 3 heteroatoms. The lowest BCUT2D eigenvalue weighted by molar-refractivity contribution is 0.301. The molecule has 0 unspecified atom stereocenters. The van der Waals surface area contributed by atoms with E-state index in [1.165, 1.54) is 17.6 Å². The van der Waals surface area contributed by atoms with Crippen molar-refractivity contribution in [2.75, 3.05) is 6.54 Å². The highest BCUT2D eigenvalue weighted by Crippen LogP contribution is 2.36. The van der Waals surface area contributed by atoms with E-state index in [0.29, 0.717) is 11.2 Å². The summed E-state index contributed by atoms with van der Waals surface area (Å²) >= 11 is 5.91. The smallest absolute Gasteiger partial charge is 0.131 e. The molecule has 1 aromatic rings. The molecule has 2 aliphatic rings. The summed E-state index contributed by atoms with van der Waals surface area (Å²) in [5, 5.41) is 4.02. The number of hydrogen-bond donors (Lipinski definition) is 1. The highest BCUT2D eigenvalue weighted by atomic mass is 35.5. The van der Waals surface area contributed by atoms with Gasteiger partial charge in [-0.1, -0.05) is 17.7 Å². The Labute approximate surface area is 94.4 Å². The van der Waals surface area contributed by atoms with Crippen LogP contribution < -0.4 is 5.32 Å². The van der Waals surface area contributed by atoms with E-state index in [-0.39, 0.29) is 0 Å². The van der Waals surface area contributed by atoms with Crippen LogP contribution in [0.5, 0.6) is 0 Å². The number of halogens is 1. The zero-order valence-corrected chi connectivity index (χ0v) is 9.38. The van der Waals surface area contributed by atoms with Crippen LogP contribution >= 0.6 is 11.6 Å². The quantitative estimate of drug-likeness (QED) is 0.736. The molecule has 1 N–H and O–H groups in total. The minimum atomic E-state index is 0.607. The fourth-order valence-corrected chi connectivity index (χ4v) is 2.43. The molecule has 0 spiro atoms. The Kier molecular flexibility index (Phi) is 2.08. The maximum Gasteiger partial charge on any atom is 0.131 e. The second-order valence-corrected chi connectivity index (χ2v) is 4.78. The van der Waals surface area contributed by atoms with Crippen LogP contribution in [0.1, 0.15) is 17.5 Å². The fourth-order valence-electron chi connectivity index (χ4n) is 2.33. The molecule has 15 heavy (non-hydrogen) atoms. The van der Waals surface area contributed by atoms with Gasteiger partial charge in [0, 0.05) is 18.8 Å². The predicted molar refractivity (Wildman–Crippen MR) is 61.9 cm³/mol. The topological polar surface area (TPSA) is 24.9 Å². The third-order valence-corrected chi connectivity index (χ3v) is 3.77. The first-order chi connectivity index (χ1) is 7.24. The van der Waals surface area contributed by atoms with Crippen LogP contribution in [0.3, 0.4) is 0 Å². The molecule has 1 aliphatic heterocycles. The molecule has 1 aromatic heterocycles. The van der Waals surface area contributed by atoms with Gasteiger partial charge in [-0.05, 0) is 42.0 Å². The van der Waals surface area contributed by atoms with Crippen molar-refractivity contribution in [2.45, 2.75) is 19.4 Å². The summed E-state index contributed by atoms with van der Waals surface area (Å²) in [7, 11) is 0. The zero-order chi connectivity index (χ0) is 10.4. The van der Waals surface area contributed by atoms with Gasteiger partial charge in [0.05, 0.1) is 0 Å². The number of nitrogens with one attached hydrogen (secondary N) is 1. The summed E-state index contributed by atoms with van der Waals surface area (Å²) in [6.07, 6.45) is 5.39. The van der Waals surface area contributed by atoms with Gasteiger partial charge in [0.2, 0.25) is 0 Å². The summed E-state index contributed by atoms with van der Waals surface area (Å²) in [5.41, 5.74) is 3.71. The van der Waals surface area contributed by atoms with Crippen molar-refractivity contribution in [2.24, 2.45) is 5.92 Å². The Hall–Kier alpha value is -0.860. The Bertz CT molecular complexity index is 439. The van der Waals surface area contributed by atoms with Crippen LogP contribution in [0.4, 0.5) is 0 Å². The first-order valence-corrected chi connectivity index (χ1v) is 5.68. The molecule has 1 saturated heterocycles. The normalized spacial score (nSPS) is 28.3. The highest BCUT2D eigenvalue weighted by molar-refractivity contribution is 6.30. The lowest BCUT2D eigenvalue weighted by Crippen LogP contribution is -2.49. The molecule has 1 aliphatic carbocycles. The van der Waals surface area contributed by atoms with Gasteiger partial charge in [0.1, 0.15) is 5.15 Å². The van der Waals surface area contributed by atoms with E-state index >= 15 is 0 Å². The molecule has 0 aromatic carbocycles. The van der Waals surface area contributed by atoms with Crippen LogP contribution in [-0.2, 0) is 0 Å². The fraction of sp³-hybridized carbons (Fsp3) is 0.417. The van der Waals surface area contributed by atoms with E-state index in [1.54, 1.807) is 0 Å². The number of nitrogens with zero attached hydrogens (tertiary/aromatic N) is 1. The zero-order valence-electron chi connectivity index (χ0n) is 8.63. The van der Waals surface area contributed by atoms with E-state index in [0.717, 1.165) is 18.0 Å². The van der Waals surface area contributed by atoms with Gasteiger partial charge in [-0.25, -0.2) is 4.98 Å². The van der Waals surface area contributed by atoms with Gasteiger partial charge in [0.25, 0.3) is 0 Å². The van der Waals surface area contributed by atoms with E-state index in [2.05, 4.69) is 22.4 Å². The monoisotopic (exact) mass is 220 g/mol.